The number of benzene rings is 2. The van der Waals surface area contributed by atoms with Gasteiger partial charge in [0.05, 0.1) is 21.6 Å². The summed E-state index contributed by atoms with van der Waals surface area (Å²) in [5.74, 6) is 1.63. The van der Waals surface area contributed by atoms with Crippen LogP contribution in [0.2, 0.25) is 5.02 Å². The van der Waals surface area contributed by atoms with Crippen LogP contribution in [0.5, 0.6) is 5.75 Å². The highest BCUT2D eigenvalue weighted by atomic mass is 35.5. The average molecular weight is 313 g/mol. The first-order valence-corrected chi connectivity index (χ1v) is 7.87. The Kier molecular flexibility index (Phi) is 2.95. The van der Waals surface area contributed by atoms with Crippen molar-refractivity contribution in [3.05, 3.63) is 47.0 Å². The Labute approximate surface area is 134 Å². The van der Waals surface area contributed by atoms with Crippen LogP contribution in [-0.4, -0.2) is 15.6 Å². The molecule has 2 aromatic carbocycles. The van der Waals surface area contributed by atoms with Crippen LogP contribution in [0.3, 0.4) is 0 Å². The Morgan fingerprint density at radius 1 is 1.18 bits per heavy atom. The molecule has 3 nitrogen and oxygen atoms in total. The quantitative estimate of drug-likeness (QED) is 0.687. The number of hydrogen-bond donors (Lipinski definition) is 1. The summed E-state index contributed by atoms with van der Waals surface area (Å²) in [4.78, 5) is 8.03. The van der Waals surface area contributed by atoms with Crippen LogP contribution in [0.1, 0.15) is 25.8 Å². The van der Waals surface area contributed by atoms with Crippen molar-refractivity contribution in [3.63, 3.8) is 0 Å². The van der Waals surface area contributed by atoms with Crippen molar-refractivity contribution in [1.82, 2.24) is 9.97 Å². The summed E-state index contributed by atoms with van der Waals surface area (Å²) in [5, 5.41) is 0.663. The highest BCUT2D eigenvalue weighted by molar-refractivity contribution is 6.33. The smallest absolute Gasteiger partial charge is 0.143 e. The highest BCUT2D eigenvalue weighted by Crippen LogP contribution is 2.43. The van der Waals surface area contributed by atoms with E-state index in [9.17, 15) is 0 Å². The standard InChI is InChI=1S/C18H17ClN2O/c1-18(2)10-9-11-7-8-12(19)15(16(11)22-18)17-20-13-5-3-4-6-14(13)21-17/h3-8H,9-10H2,1-2H3,(H,20,21). The molecule has 1 aliphatic heterocycles. The second-order valence-corrected chi connectivity index (χ2v) is 6.78. The fraction of sp³-hybridized carbons (Fsp3) is 0.278. The lowest BCUT2D eigenvalue weighted by Crippen LogP contribution is -2.32. The maximum Gasteiger partial charge on any atom is 0.143 e. The molecular weight excluding hydrogens is 296 g/mol. The van der Waals surface area contributed by atoms with Crippen molar-refractivity contribution in [2.45, 2.75) is 32.3 Å². The summed E-state index contributed by atoms with van der Waals surface area (Å²) >= 11 is 6.48. The van der Waals surface area contributed by atoms with Gasteiger partial charge in [0.25, 0.3) is 0 Å². The summed E-state index contributed by atoms with van der Waals surface area (Å²) in [5.41, 5.74) is 3.81. The summed E-state index contributed by atoms with van der Waals surface area (Å²) in [7, 11) is 0. The SMILES string of the molecule is CC1(C)CCc2ccc(Cl)c(-c3nc4ccccc4[nH]3)c2O1. The highest BCUT2D eigenvalue weighted by Gasteiger charge is 2.30. The molecular formula is C18H17ClN2O. The number of H-pyrrole nitrogens is 1. The molecule has 1 aliphatic rings. The fourth-order valence-electron chi connectivity index (χ4n) is 2.97. The third-order valence-electron chi connectivity index (χ3n) is 4.19. The number of ether oxygens (including phenoxy) is 1. The molecule has 0 saturated heterocycles. The van der Waals surface area contributed by atoms with Crippen LogP contribution in [-0.2, 0) is 6.42 Å². The molecule has 3 aromatic rings. The van der Waals surface area contributed by atoms with Crippen LogP contribution in [0.15, 0.2) is 36.4 Å². The molecule has 2 heterocycles. The first kappa shape index (κ1) is 13.6. The van der Waals surface area contributed by atoms with Crippen molar-refractivity contribution in [2.75, 3.05) is 0 Å². The largest absolute Gasteiger partial charge is 0.487 e. The number of aryl methyl sites for hydroxylation is 1. The predicted molar refractivity (Wildman–Crippen MR) is 89.6 cm³/mol. The van der Waals surface area contributed by atoms with E-state index in [-0.39, 0.29) is 5.60 Å². The molecule has 22 heavy (non-hydrogen) atoms. The van der Waals surface area contributed by atoms with Gasteiger partial charge in [-0.15, -0.1) is 0 Å². The van der Waals surface area contributed by atoms with Gasteiger partial charge in [-0.1, -0.05) is 29.8 Å². The molecule has 0 radical (unpaired) electrons. The molecule has 0 saturated carbocycles. The van der Waals surface area contributed by atoms with Gasteiger partial charge in [-0.2, -0.15) is 0 Å². The minimum atomic E-state index is -0.182. The van der Waals surface area contributed by atoms with Crippen molar-refractivity contribution in [1.29, 1.82) is 0 Å². The topological polar surface area (TPSA) is 37.9 Å². The number of hydrogen-bond acceptors (Lipinski definition) is 2. The molecule has 0 unspecified atom stereocenters. The fourth-order valence-corrected chi connectivity index (χ4v) is 3.21. The molecule has 0 aliphatic carbocycles. The molecule has 4 rings (SSSR count). The average Bonchev–Trinajstić information content (AvgIpc) is 2.89. The summed E-state index contributed by atoms with van der Waals surface area (Å²) in [6.07, 6.45) is 1.99. The lowest BCUT2D eigenvalue weighted by atomic mass is 9.92. The zero-order chi connectivity index (χ0) is 15.3. The van der Waals surface area contributed by atoms with Gasteiger partial charge >= 0.3 is 0 Å². The van der Waals surface area contributed by atoms with Crippen molar-refractivity contribution < 1.29 is 4.74 Å². The molecule has 0 bridgehead atoms. The molecule has 112 valence electrons. The number of aromatic nitrogens is 2. The maximum absolute atomic E-state index is 6.48. The van der Waals surface area contributed by atoms with Gasteiger partial charge in [0.1, 0.15) is 17.2 Å². The zero-order valence-electron chi connectivity index (χ0n) is 12.6. The van der Waals surface area contributed by atoms with Gasteiger partial charge in [0.2, 0.25) is 0 Å². The first-order chi connectivity index (χ1) is 10.5. The van der Waals surface area contributed by atoms with E-state index >= 15 is 0 Å². The predicted octanol–water partition coefficient (Wildman–Crippen LogP) is 4.99. The number of rotatable bonds is 1. The Balaban J connectivity index is 1.94. The summed E-state index contributed by atoms with van der Waals surface area (Å²) < 4.78 is 6.24. The maximum atomic E-state index is 6.48. The van der Waals surface area contributed by atoms with E-state index in [1.807, 2.05) is 30.3 Å². The lowest BCUT2D eigenvalue weighted by molar-refractivity contribution is 0.0854. The van der Waals surface area contributed by atoms with E-state index in [2.05, 4.69) is 29.9 Å². The number of halogens is 1. The van der Waals surface area contributed by atoms with Gasteiger partial charge < -0.3 is 9.72 Å². The molecule has 4 heteroatoms. The number of nitrogens with zero attached hydrogens (tertiary/aromatic N) is 1. The summed E-state index contributed by atoms with van der Waals surface area (Å²) in [6.45, 7) is 4.22. The number of aromatic amines is 1. The summed E-state index contributed by atoms with van der Waals surface area (Å²) in [6, 6.07) is 12.0. The van der Waals surface area contributed by atoms with Gasteiger partial charge in [-0.05, 0) is 50.5 Å². The minimum absolute atomic E-state index is 0.182. The van der Waals surface area contributed by atoms with E-state index in [1.165, 1.54) is 5.56 Å². The third kappa shape index (κ3) is 2.17. The number of fused-ring (bicyclic) bond motifs is 2. The number of imidazole rings is 1. The van der Waals surface area contributed by atoms with Gasteiger partial charge in [-0.3, -0.25) is 0 Å². The second kappa shape index (κ2) is 4.75. The van der Waals surface area contributed by atoms with Crippen LogP contribution in [0, 0.1) is 0 Å². The second-order valence-electron chi connectivity index (χ2n) is 6.37. The van der Waals surface area contributed by atoms with Crippen molar-refractivity contribution in [3.8, 4) is 17.1 Å². The molecule has 0 spiro atoms. The molecule has 0 atom stereocenters. The molecule has 0 fully saturated rings. The van der Waals surface area contributed by atoms with Gasteiger partial charge in [-0.25, -0.2) is 4.98 Å². The Hall–Kier alpha value is -2.00. The molecule has 1 N–H and O–H groups in total. The molecule has 1 aromatic heterocycles. The lowest BCUT2D eigenvalue weighted by Gasteiger charge is -2.33. The van der Waals surface area contributed by atoms with Gasteiger partial charge in [0.15, 0.2) is 0 Å². The van der Waals surface area contributed by atoms with Crippen molar-refractivity contribution in [2.24, 2.45) is 0 Å². The molecule has 0 amide bonds. The van der Waals surface area contributed by atoms with Crippen LogP contribution >= 0.6 is 11.6 Å². The first-order valence-electron chi connectivity index (χ1n) is 7.49. The van der Waals surface area contributed by atoms with E-state index in [0.29, 0.717) is 5.02 Å². The zero-order valence-corrected chi connectivity index (χ0v) is 13.4. The monoisotopic (exact) mass is 312 g/mol. The number of para-hydroxylation sites is 2. The van der Waals surface area contributed by atoms with Crippen LogP contribution in [0.4, 0.5) is 0 Å². The number of nitrogens with one attached hydrogen (secondary N) is 1. The normalized spacial score (nSPS) is 16.3. The minimum Gasteiger partial charge on any atom is -0.487 e. The van der Waals surface area contributed by atoms with E-state index in [4.69, 9.17) is 16.3 Å². The van der Waals surface area contributed by atoms with E-state index in [1.54, 1.807) is 0 Å². The Morgan fingerprint density at radius 2 is 2.00 bits per heavy atom. The van der Waals surface area contributed by atoms with E-state index in [0.717, 1.165) is 41.0 Å². The van der Waals surface area contributed by atoms with E-state index < -0.39 is 0 Å². The third-order valence-corrected chi connectivity index (χ3v) is 4.50. The van der Waals surface area contributed by atoms with Crippen molar-refractivity contribution >= 4 is 22.6 Å². The van der Waals surface area contributed by atoms with Gasteiger partial charge in [0, 0.05) is 0 Å². The Morgan fingerprint density at radius 3 is 2.82 bits per heavy atom. The van der Waals surface area contributed by atoms with Crippen LogP contribution < -0.4 is 4.74 Å². The Bertz CT molecular complexity index is 834. The van der Waals surface area contributed by atoms with Crippen LogP contribution in [0.25, 0.3) is 22.4 Å².